The molecule has 146 valence electrons. The van der Waals surface area contributed by atoms with Crippen LogP contribution in [0.3, 0.4) is 0 Å². The molecule has 0 aromatic rings. The van der Waals surface area contributed by atoms with Crippen LogP contribution in [0.25, 0.3) is 0 Å². The molecular weight excluding hydrogens is 415 g/mol. The minimum atomic E-state index is -2.49. The third kappa shape index (κ3) is 6.99. The van der Waals surface area contributed by atoms with E-state index in [0.717, 1.165) is 6.42 Å². The SMILES string of the molecule is CCC[CH2][Sn]([CH2]CCC)([CH2]CCC)[C@H]1CC(=O)CC(=O)C[C@H]1C(C)C. The summed E-state index contributed by atoms with van der Waals surface area (Å²) in [6.07, 6.45) is 9.46. The van der Waals surface area contributed by atoms with Crippen molar-refractivity contribution in [3.8, 4) is 0 Å². The van der Waals surface area contributed by atoms with Gasteiger partial charge >= 0.3 is 161 Å². The van der Waals surface area contributed by atoms with Crippen LogP contribution >= 0.6 is 0 Å². The van der Waals surface area contributed by atoms with Crippen LogP contribution in [0.4, 0.5) is 0 Å². The van der Waals surface area contributed by atoms with Gasteiger partial charge in [0.2, 0.25) is 0 Å². The van der Waals surface area contributed by atoms with Gasteiger partial charge in [-0.15, -0.1) is 0 Å². The molecule has 1 aliphatic carbocycles. The molecule has 1 aliphatic rings. The zero-order valence-corrected chi connectivity index (χ0v) is 20.4. The predicted molar refractivity (Wildman–Crippen MR) is 111 cm³/mol. The number of ketones is 2. The summed E-state index contributed by atoms with van der Waals surface area (Å²) in [7, 11) is 0. The summed E-state index contributed by atoms with van der Waals surface area (Å²) in [5.41, 5.74) is 0. The van der Waals surface area contributed by atoms with Crippen LogP contribution in [-0.4, -0.2) is 29.9 Å². The molecule has 0 spiro atoms. The fraction of sp³-hybridized carbons (Fsp3) is 0.909. The average molecular weight is 457 g/mol. The zero-order valence-electron chi connectivity index (χ0n) is 17.5. The van der Waals surface area contributed by atoms with Gasteiger partial charge in [-0.05, 0) is 0 Å². The van der Waals surface area contributed by atoms with Crippen molar-refractivity contribution >= 4 is 29.9 Å². The van der Waals surface area contributed by atoms with E-state index in [-0.39, 0.29) is 18.0 Å². The molecule has 3 heteroatoms. The van der Waals surface area contributed by atoms with Crippen molar-refractivity contribution in [3.05, 3.63) is 0 Å². The number of Topliss-reactive ketones (excluding diaryl/α,β-unsaturated/α-hetero) is 2. The first kappa shape index (κ1) is 23.2. The molecule has 0 unspecified atom stereocenters. The van der Waals surface area contributed by atoms with Crippen LogP contribution < -0.4 is 0 Å². The predicted octanol–water partition coefficient (Wildman–Crippen LogP) is 6.80. The molecule has 2 nitrogen and oxygen atoms in total. The van der Waals surface area contributed by atoms with Gasteiger partial charge in [0.25, 0.3) is 0 Å². The van der Waals surface area contributed by atoms with Gasteiger partial charge in [-0.2, -0.15) is 0 Å². The van der Waals surface area contributed by atoms with Gasteiger partial charge in [0.1, 0.15) is 0 Å². The monoisotopic (exact) mass is 458 g/mol. The molecule has 1 saturated carbocycles. The van der Waals surface area contributed by atoms with Gasteiger partial charge in [0.15, 0.2) is 0 Å². The van der Waals surface area contributed by atoms with Crippen LogP contribution in [0.5, 0.6) is 0 Å². The summed E-state index contributed by atoms with van der Waals surface area (Å²) in [5, 5.41) is 0. The molecular formula is C22H42O2Sn. The molecule has 0 bridgehead atoms. The Kier molecular flexibility index (Phi) is 10.9. The molecule has 1 rings (SSSR count). The van der Waals surface area contributed by atoms with E-state index in [1.807, 2.05) is 0 Å². The summed E-state index contributed by atoms with van der Waals surface area (Å²) in [6, 6.07) is 0. The molecule has 0 aromatic carbocycles. The van der Waals surface area contributed by atoms with Crippen molar-refractivity contribution in [2.45, 2.75) is 110 Å². The number of carbonyl (C=O) groups is 2. The second-order valence-corrected chi connectivity index (χ2v) is 23.0. The molecule has 0 heterocycles. The van der Waals surface area contributed by atoms with Crippen molar-refractivity contribution in [3.63, 3.8) is 0 Å². The van der Waals surface area contributed by atoms with E-state index in [2.05, 4.69) is 34.6 Å². The van der Waals surface area contributed by atoms with Crippen molar-refractivity contribution in [2.24, 2.45) is 11.8 Å². The molecule has 25 heavy (non-hydrogen) atoms. The molecule has 0 amide bonds. The number of rotatable bonds is 11. The number of hydrogen-bond acceptors (Lipinski definition) is 2. The molecule has 0 saturated heterocycles. The summed E-state index contributed by atoms with van der Waals surface area (Å²) in [6.45, 7) is 11.5. The van der Waals surface area contributed by atoms with E-state index >= 15 is 0 Å². The fourth-order valence-electron chi connectivity index (χ4n) is 5.05. The normalized spacial score (nSPS) is 22.5. The maximum atomic E-state index is 12.6. The van der Waals surface area contributed by atoms with Crippen molar-refractivity contribution < 1.29 is 9.59 Å². The Morgan fingerprint density at radius 1 is 0.840 bits per heavy atom. The topological polar surface area (TPSA) is 34.1 Å². The Morgan fingerprint density at radius 3 is 1.68 bits per heavy atom. The number of hydrogen-bond donors (Lipinski definition) is 0. The quantitative estimate of drug-likeness (QED) is 0.194. The Morgan fingerprint density at radius 2 is 1.28 bits per heavy atom. The summed E-state index contributed by atoms with van der Waals surface area (Å²) in [5.74, 6) is 1.47. The average Bonchev–Trinajstić information content (AvgIpc) is 2.72. The van der Waals surface area contributed by atoms with E-state index in [1.165, 1.54) is 51.8 Å². The van der Waals surface area contributed by atoms with Crippen molar-refractivity contribution in [1.29, 1.82) is 0 Å². The van der Waals surface area contributed by atoms with E-state index in [9.17, 15) is 9.59 Å². The molecule has 0 aromatic heterocycles. The Balaban J connectivity index is 3.26. The zero-order chi connectivity index (χ0) is 18.9. The van der Waals surface area contributed by atoms with Crippen molar-refractivity contribution in [1.82, 2.24) is 0 Å². The van der Waals surface area contributed by atoms with E-state index in [0.29, 0.717) is 22.2 Å². The third-order valence-electron chi connectivity index (χ3n) is 6.55. The first-order chi connectivity index (χ1) is 11.9. The van der Waals surface area contributed by atoms with Gasteiger partial charge in [-0.3, -0.25) is 0 Å². The van der Waals surface area contributed by atoms with Crippen LogP contribution in [0.15, 0.2) is 0 Å². The molecule has 1 fully saturated rings. The van der Waals surface area contributed by atoms with Gasteiger partial charge in [0.05, 0.1) is 0 Å². The first-order valence-electron chi connectivity index (χ1n) is 10.9. The first-order valence-corrected chi connectivity index (χ1v) is 18.6. The standard InChI is InChI=1S/C10H15O2.3C4H9.Sn/c1-7(2)8-3-4-9(11)6-10(12)5-8;3*1-3-4-2;/h3,7-8H,4-6H2,1-2H3;3*1,3-4H2,2H3;/t8-;;;;/m0..../s1. The van der Waals surface area contributed by atoms with Gasteiger partial charge in [-0.1, -0.05) is 0 Å². The van der Waals surface area contributed by atoms with Crippen LogP contribution in [0.2, 0.25) is 17.2 Å². The van der Waals surface area contributed by atoms with Crippen LogP contribution in [-0.2, 0) is 9.59 Å². The van der Waals surface area contributed by atoms with Gasteiger partial charge in [-0.25, -0.2) is 0 Å². The fourth-order valence-corrected chi connectivity index (χ4v) is 25.3. The summed E-state index contributed by atoms with van der Waals surface area (Å²) >= 11 is -2.49. The second kappa shape index (κ2) is 11.8. The Bertz CT molecular complexity index is 394. The molecule has 0 aliphatic heterocycles. The Hall–Kier alpha value is 0.139. The van der Waals surface area contributed by atoms with Crippen LogP contribution in [0, 0.1) is 11.8 Å². The van der Waals surface area contributed by atoms with E-state index in [1.54, 1.807) is 0 Å². The molecule has 2 atom stereocenters. The van der Waals surface area contributed by atoms with Crippen molar-refractivity contribution in [2.75, 3.05) is 0 Å². The van der Waals surface area contributed by atoms with Gasteiger partial charge in [0, 0.05) is 0 Å². The third-order valence-corrected chi connectivity index (χ3v) is 24.4. The van der Waals surface area contributed by atoms with E-state index < -0.39 is 18.4 Å². The minimum absolute atomic E-state index is 0.216. The summed E-state index contributed by atoms with van der Waals surface area (Å²) in [4.78, 5) is 24.9. The van der Waals surface area contributed by atoms with E-state index in [4.69, 9.17) is 0 Å². The van der Waals surface area contributed by atoms with Gasteiger partial charge < -0.3 is 0 Å². The maximum absolute atomic E-state index is 12.6. The van der Waals surface area contributed by atoms with Crippen LogP contribution in [0.1, 0.15) is 92.4 Å². The molecule has 0 radical (unpaired) electrons. The number of unbranched alkanes of at least 4 members (excludes halogenated alkanes) is 3. The molecule has 0 N–H and O–H groups in total. The summed E-state index contributed by atoms with van der Waals surface area (Å²) < 4.78 is 4.94. The Labute approximate surface area is 160 Å². The second-order valence-electron chi connectivity index (χ2n) is 8.85. The number of carbonyl (C=O) groups excluding carboxylic acids is 2.